The third-order valence-corrected chi connectivity index (χ3v) is 3.59. The van der Waals surface area contributed by atoms with Crippen molar-refractivity contribution in [2.45, 2.75) is 26.3 Å². The van der Waals surface area contributed by atoms with Crippen LogP contribution in [0.2, 0.25) is 0 Å². The number of likely N-dealkylation sites (tertiary alicyclic amines) is 1. The average molecular weight is 248 g/mol. The Morgan fingerprint density at radius 1 is 1.53 bits per heavy atom. The SMILES string of the molecule is CC1CCCN(Cc2cccc(C(N)=S)c2)C1. The number of hydrogen-bond donors (Lipinski definition) is 1. The van der Waals surface area contributed by atoms with Crippen LogP contribution in [0.15, 0.2) is 24.3 Å². The van der Waals surface area contributed by atoms with Crippen molar-refractivity contribution < 1.29 is 0 Å². The van der Waals surface area contributed by atoms with Gasteiger partial charge in [-0.1, -0.05) is 37.3 Å². The fourth-order valence-corrected chi connectivity index (χ4v) is 2.64. The third-order valence-electron chi connectivity index (χ3n) is 3.36. The first kappa shape index (κ1) is 12.5. The topological polar surface area (TPSA) is 29.3 Å². The molecule has 1 aliphatic rings. The van der Waals surface area contributed by atoms with Crippen LogP contribution < -0.4 is 5.73 Å². The van der Waals surface area contributed by atoms with Gasteiger partial charge in [0.15, 0.2) is 0 Å². The zero-order valence-electron chi connectivity index (χ0n) is 10.4. The monoisotopic (exact) mass is 248 g/mol. The molecule has 0 radical (unpaired) electrons. The van der Waals surface area contributed by atoms with E-state index in [-0.39, 0.29) is 0 Å². The zero-order valence-corrected chi connectivity index (χ0v) is 11.2. The summed E-state index contributed by atoms with van der Waals surface area (Å²) in [5, 5.41) is 0. The Labute approximate surface area is 109 Å². The molecule has 2 nitrogen and oxygen atoms in total. The smallest absolute Gasteiger partial charge is 0.103 e. The van der Waals surface area contributed by atoms with Gasteiger partial charge in [-0.2, -0.15) is 0 Å². The Morgan fingerprint density at radius 3 is 3.06 bits per heavy atom. The summed E-state index contributed by atoms with van der Waals surface area (Å²) in [7, 11) is 0. The molecule has 0 aromatic heterocycles. The second-order valence-corrected chi connectivity index (χ2v) is 5.49. The van der Waals surface area contributed by atoms with E-state index in [0.717, 1.165) is 18.0 Å². The van der Waals surface area contributed by atoms with Crippen LogP contribution in [0.5, 0.6) is 0 Å². The van der Waals surface area contributed by atoms with Crippen LogP contribution in [0.1, 0.15) is 30.9 Å². The largest absolute Gasteiger partial charge is 0.389 e. The minimum atomic E-state index is 0.485. The standard InChI is InChI=1S/C14H20N2S/c1-11-4-3-7-16(9-11)10-12-5-2-6-13(8-12)14(15)17/h2,5-6,8,11H,3-4,7,9-10H2,1H3,(H2,15,17). The summed E-state index contributed by atoms with van der Waals surface area (Å²) in [5.41, 5.74) is 7.94. The van der Waals surface area contributed by atoms with Gasteiger partial charge in [-0.05, 0) is 36.9 Å². The van der Waals surface area contributed by atoms with Crippen LogP contribution in [0.25, 0.3) is 0 Å². The lowest BCUT2D eigenvalue weighted by molar-refractivity contribution is 0.176. The van der Waals surface area contributed by atoms with Gasteiger partial charge in [0.25, 0.3) is 0 Å². The van der Waals surface area contributed by atoms with Gasteiger partial charge >= 0.3 is 0 Å². The van der Waals surface area contributed by atoms with Crippen LogP contribution >= 0.6 is 12.2 Å². The minimum absolute atomic E-state index is 0.485. The van der Waals surface area contributed by atoms with Gasteiger partial charge in [-0.3, -0.25) is 4.90 Å². The Balaban J connectivity index is 2.02. The maximum atomic E-state index is 5.66. The Hall–Kier alpha value is -0.930. The lowest BCUT2D eigenvalue weighted by Gasteiger charge is -2.30. The van der Waals surface area contributed by atoms with Gasteiger partial charge in [0.05, 0.1) is 0 Å². The molecule has 1 saturated heterocycles. The molecule has 1 aromatic carbocycles. The molecule has 2 N–H and O–H groups in total. The highest BCUT2D eigenvalue weighted by atomic mass is 32.1. The van der Waals surface area contributed by atoms with Crippen molar-refractivity contribution in [3.8, 4) is 0 Å². The van der Waals surface area contributed by atoms with Crippen LogP contribution in [0, 0.1) is 5.92 Å². The number of thiocarbonyl (C=S) groups is 1. The summed E-state index contributed by atoms with van der Waals surface area (Å²) in [6, 6.07) is 8.28. The number of piperidine rings is 1. The van der Waals surface area contributed by atoms with Crippen molar-refractivity contribution in [3.63, 3.8) is 0 Å². The Kier molecular flexibility index (Phi) is 4.13. The van der Waals surface area contributed by atoms with Crippen LogP contribution in [0.4, 0.5) is 0 Å². The molecule has 0 saturated carbocycles. The maximum absolute atomic E-state index is 5.66. The van der Waals surface area contributed by atoms with Gasteiger partial charge in [0, 0.05) is 18.7 Å². The molecule has 0 spiro atoms. The van der Waals surface area contributed by atoms with Crippen molar-refractivity contribution in [2.75, 3.05) is 13.1 Å². The predicted molar refractivity (Wildman–Crippen MR) is 76.0 cm³/mol. The quantitative estimate of drug-likeness (QED) is 0.834. The molecule has 1 atom stereocenters. The Morgan fingerprint density at radius 2 is 2.35 bits per heavy atom. The van der Waals surface area contributed by atoms with E-state index in [1.165, 1.54) is 31.5 Å². The number of benzene rings is 1. The fraction of sp³-hybridized carbons (Fsp3) is 0.500. The predicted octanol–water partition coefficient (Wildman–Crippen LogP) is 2.55. The van der Waals surface area contributed by atoms with Gasteiger partial charge in [-0.15, -0.1) is 0 Å². The maximum Gasteiger partial charge on any atom is 0.103 e. The normalized spacial score (nSPS) is 21.4. The molecule has 1 aromatic rings. The molecule has 0 aliphatic carbocycles. The molecule has 2 rings (SSSR count). The number of rotatable bonds is 3. The molecule has 1 unspecified atom stereocenters. The fourth-order valence-electron chi connectivity index (χ4n) is 2.51. The average Bonchev–Trinajstić information content (AvgIpc) is 2.29. The first-order valence-electron chi connectivity index (χ1n) is 6.26. The van der Waals surface area contributed by atoms with Gasteiger partial charge < -0.3 is 5.73 Å². The van der Waals surface area contributed by atoms with E-state index < -0.39 is 0 Å². The van der Waals surface area contributed by atoms with Crippen molar-refractivity contribution >= 4 is 17.2 Å². The van der Waals surface area contributed by atoms with Crippen LogP contribution in [0.3, 0.4) is 0 Å². The van der Waals surface area contributed by atoms with Crippen molar-refractivity contribution in [2.24, 2.45) is 11.7 Å². The molecule has 0 bridgehead atoms. The Bertz CT molecular complexity index is 403. The zero-order chi connectivity index (χ0) is 12.3. The summed E-state index contributed by atoms with van der Waals surface area (Å²) in [6.07, 6.45) is 2.68. The number of nitrogens with two attached hydrogens (primary N) is 1. The molecule has 92 valence electrons. The van der Waals surface area contributed by atoms with Gasteiger partial charge in [0.2, 0.25) is 0 Å². The van der Waals surface area contributed by atoms with E-state index in [1.54, 1.807) is 0 Å². The molecule has 3 heteroatoms. The second kappa shape index (κ2) is 5.61. The molecular formula is C14H20N2S. The van der Waals surface area contributed by atoms with Crippen LogP contribution in [-0.2, 0) is 6.54 Å². The van der Waals surface area contributed by atoms with E-state index in [0.29, 0.717) is 4.99 Å². The highest BCUT2D eigenvalue weighted by Crippen LogP contribution is 2.18. The van der Waals surface area contributed by atoms with Crippen molar-refractivity contribution in [1.29, 1.82) is 0 Å². The van der Waals surface area contributed by atoms with E-state index in [1.807, 2.05) is 12.1 Å². The van der Waals surface area contributed by atoms with E-state index >= 15 is 0 Å². The van der Waals surface area contributed by atoms with Gasteiger partial charge in [0.1, 0.15) is 4.99 Å². The number of nitrogens with zero attached hydrogens (tertiary/aromatic N) is 1. The number of hydrogen-bond acceptors (Lipinski definition) is 2. The highest BCUT2D eigenvalue weighted by molar-refractivity contribution is 7.80. The van der Waals surface area contributed by atoms with E-state index in [4.69, 9.17) is 18.0 Å². The van der Waals surface area contributed by atoms with Gasteiger partial charge in [-0.25, -0.2) is 0 Å². The molecule has 1 aliphatic heterocycles. The summed E-state index contributed by atoms with van der Waals surface area (Å²) >= 11 is 5.01. The molecule has 17 heavy (non-hydrogen) atoms. The lowest BCUT2D eigenvalue weighted by atomic mass is 9.99. The first-order chi connectivity index (χ1) is 8.15. The second-order valence-electron chi connectivity index (χ2n) is 5.05. The summed E-state index contributed by atoms with van der Waals surface area (Å²) < 4.78 is 0. The molecule has 1 fully saturated rings. The van der Waals surface area contributed by atoms with Crippen LogP contribution in [-0.4, -0.2) is 23.0 Å². The van der Waals surface area contributed by atoms with E-state index in [2.05, 4.69) is 24.0 Å². The molecule has 1 heterocycles. The lowest BCUT2D eigenvalue weighted by Crippen LogP contribution is -2.33. The van der Waals surface area contributed by atoms with Crippen molar-refractivity contribution in [1.82, 2.24) is 4.90 Å². The summed E-state index contributed by atoms with van der Waals surface area (Å²) in [6.45, 7) is 5.76. The third kappa shape index (κ3) is 3.51. The highest BCUT2D eigenvalue weighted by Gasteiger charge is 2.16. The minimum Gasteiger partial charge on any atom is -0.389 e. The first-order valence-corrected chi connectivity index (χ1v) is 6.67. The van der Waals surface area contributed by atoms with Crippen molar-refractivity contribution in [3.05, 3.63) is 35.4 Å². The molecule has 0 amide bonds. The van der Waals surface area contributed by atoms with E-state index in [9.17, 15) is 0 Å². The molecular weight excluding hydrogens is 228 g/mol. The summed E-state index contributed by atoms with van der Waals surface area (Å²) in [5.74, 6) is 0.822. The summed E-state index contributed by atoms with van der Waals surface area (Å²) in [4.78, 5) is 3.01.